The molecule has 0 aliphatic rings. The molecule has 7 nitrogen and oxygen atoms in total. The summed E-state index contributed by atoms with van der Waals surface area (Å²) in [5, 5.41) is 4.13. The quantitative estimate of drug-likeness (QED) is 0.0395. The Morgan fingerprint density at radius 2 is 1.00 bits per heavy atom. The highest BCUT2D eigenvalue weighted by Crippen LogP contribution is 2.38. The fourth-order valence-corrected chi connectivity index (χ4v) is 9.22. The molecule has 0 spiro atoms. The van der Waals surface area contributed by atoms with E-state index in [0.29, 0.717) is 6.42 Å². The van der Waals surface area contributed by atoms with E-state index in [2.05, 4.69) is 118 Å². The summed E-state index contributed by atoms with van der Waals surface area (Å²) in [7, 11) is 2.60. The van der Waals surface area contributed by atoms with E-state index in [-0.39, 0.29) is 34.4 Å². The number of esters is 1. The zero-order chi connectivity index (χ0) is 41.3. The third-order valence-electron chi connectivity index (χ3n) is 12.2. The van der Waals surface area contributed by atoms with E-state index in [1.807, 2.05) is 0 Å². The van der Waals surface area contributed by atoms with Crippen molar-refractivity contribution in [3.63, 3.8) is 0 Å². The summed E-state index contributed by atoms with van der Waals surface area (Å²) in [5.41, 5.74) is 0. The highest BCUT2D eigenvalue weighted by molar-refractivity contribution is 6.74. The molecule has 0 aromatic carbocycles. The Morgan fingerprint density at radius 3 is 1.48 bits per heavy atom. The molecule has 0 rings (SSSR count). The van der Waals surface area contributed by atoms with Gasteiger partial charge in [-0.2, -0.15) is 0 Å². The number of nitrogens with zero attached hydrogens (tertiary/aromatic N) is 2. The zero-order valence-corrected chi connectivity index (χ0v) is 41.2. The molecule has 9 heteroatoms. The number of hydrogen-bond acceptors (Lipinski definition) is 7. The van der Waals surface area contributed by atoms with Crippen molar-refractivity contribution < 1.29 is 18.4 Å². The van der Waals surface area contributed by atoms with Gasteiger partial charge in [-0.05, 0) is 115 Å². The van der Waals surface area contributed by atoms with Crippen LogP contribution in [0.2, 0.25) is 36.3 Å². The van der Waals surface area contributed by atoms with E-state index in [1.54, 1.807) is 0 Å². The number of unbranched alkanes of at least 4 members (excludes halogenated alkanes) is 11. The third kappa shape index (κ3) is 26.6. The lowest BCUT2D eigenvalue weighted by atomic mass is 10.0. The smallest absolute Gasteiger partial charge is 0.306 e. The van der Waals surface area contributed by atoms with Crippen LogP contribution < -0.4 is 5.32 Å². The van der Waals surface area contributed by atoms with Crippen LogP contribution in [0.25, 0.3) is 0 Å². The summed E-state index contributed by atoms with van der Waals surface area (Å²) in [4.78, 5) is 17.9. The molecule has 0 saturated carbocycles. The number of likely N-dealkylation sites (N-methyl/N-ethyl adjacent to an activating group) is 1. The van der Waals surface area contributed by atoms with E-state index >= 15 is 0 Å². The lowest BCUT2D eigenvalue weighted by Gasteiger charge is -2.41. The van der Waals surface area contributed by atoms with Crippen LogP contribution in [0.4, 0.5) is 0 Å². The van der Waals surface area contributed by atoms with E-state index < -0.39 is 16.6 Å². The Hall–Kier alpha value is -0.296. The molecular formula is C45H97N3O4Si2. The van der Waals surface area contributed by atoms with Crippen molar-refractivity contribution in [2.24, 2.45) is 0 Å². The number of carbonyl (C=O) groups excluding carboxylic acids is 1. The second kappa shape index (κ2) is 29.0. The molecular weight excluding hydrogens is 703 g/mol. The highest BCUT2D eigenvalue weighted by Gasteiger charge is 2.40. The fourth-order valence-electron chi connectivity index (χ4n) is 6.49. The van der Waals surface area contributed by atoms with Gasteiger partial charge in [-0.25, -0.2) is 0 Å². The maximum atomic E-state index is 13.1. The minimum absolute atomic E-state index is 0.00252. The van der Waals surface area contributed by atoms with Gasteiger partial charge in [0.25, 0.3) is 0 Å². The van der Waals surface area contributed by atoms with Crippen LogP contribution in [-0.4, -0.2) is 105 Å². The van der Waals surface area contributed by atoms with Gasteiger partial charge in [0.1, 0.15) is 6.10 Å². The standard InChI is InChI=1S/C45H97N3O4Si2/c1-16-18-20-22-24-26-31-40(32-27-25-23-21-19-17-2)50-43(49)34-29-28-33-41(51-53(12,13)44(3,4)5)37-46-38-42(52-54(14,15)45(6,7)8)39-48(11)36-30-35-47(9)10/h40-42,46H,16-39H2,1-15H3. The van der Waals surface area contributed by atoms with Gasteiger partial charge in [0.05, 0.1) is 12.2 Å². The molecule has 0 amide bonds. The molecule has 0 aliphatic carbocycles. The second-order valence-electron chi connectivity index (χ2n) is 20.0. The average Bonchev–Trinajstić information content (AvgIpc) is 3.04. The van der Waals surface area contributed by atoms with Gasteiger partial charge < -0.3 is 28.7 Å². The van der Waals surface area contributed by atoms with Crippen molar-refractivity contribution >= 4 is 22.6 Å². The Bertz CT molecular complexity index is 904. The number of nitrogens with one attached hydrogen (secondary N) is 1. The minimum atomic E-state index is -1.98. The first kappa shape index (κ1) is 53.7. The number of hydrogen-bond donors (Lipinski definition) is 1. The monoisotopic (exact) mass is 800 g/mol. The molecule has 2 atom stereocenters. The van der Waals surface area contributed by atoms with Gasteiger partial charge in [-0.15, -0.1) is 0 Å². The van der Waals surface area contributed by atoms with Crippen LogP contribution in [-0.2, 0) is 18.4 Å². The van der Waals surface area contributed by atoms with Gasteiger partial charge in [0.15, 0.2) is 16.6 Å². The topological polar surface area (TPSA) is 63.3 Å². The van der Waals surface area contributed by atoms with E-state index in [9.17, 15) is 4.79 Å². The number of ether oxygens (including phenoxy) is 1. The molecule has 54 heavy (non-hydrogen) atoms. The lowest BCUT2D eigenvalue weighted by molar-refractivity contribution is -0.150. The Labute approximate surface area is 340 Å². The molecule has 0 fully saturated rings. The van der Waals surface area contributed by atoms with E-state index in [0.717, 1.165) is 71.2 Å². The van der Waals surface area contributed by atoms with Crippen molar-refractivity contribution in [1.29, 1.82) is 0 Å². The summed E-state index contributed by atoms with van der Waals surface area (Å²) < 4.78 is 20.2. The Kier molecular flexibility index (Phi) is 28.8. The van der Waals surface area contributed by atoms with Crippen molar-refractivity contribution in [3.05, 3.63) is 0 Å². The predicted molar refractivity (Wildman–Crippen MR) is 242 cm³/mol. The van der Waals surface area contributed by atoms with Crippen LogP contribution in [0.15, 0.2) is 0 Å². The fraction of sp³-hybridized carbons (Fsp3) is 0.978. The molecule has 0 saturated heterocycles. The van der Waals surface area contributed by atoms with E-state index in [1.165, 1.54) is 77.0 Å². The molecule has 0 aromatic heterocycles. The average molecular weight is 800 g/mol. The van der Waals surface area contributed by atoms with Gasteiger partial charge >= 0.3 is 5.97 Å². The molecule has 0 radical (unpaired) electrons. The lowest BCUT2D eigenvalue weighted by Crippen LogP contribution is -2.51. The summed E-state index contributed by atoms with van der Waals surface area (Å²) in [6.45, 7) is 32.6. The largest absolute Gasteiger partial charge is 0.462 e. The summed E-state index contributed by atoms with van der Waals surface area (Å²) in [6.07, 6.45) is 22.1. The molecule has 0 aliphatic heterocycles. The first-order chi connectivity index (χ1) is 25.1. The summed E-state index contributed by atoms with van der Waals surface area (Å²) in [6, 6.07) is 0. The van der Waals surface area contributed by atoms with Crippen molar-refractivity contribution in [3.8, 4) is 0 Å². The predicted octanol–water partition coefficient (Wildman–Crippen LogP) is 12.2. The van der Waals surface area contributed by atoms with Gasteiger partial charge in [0, 0.05) is 26.1 Å². The zero-order valence-electron chi connectivity index (χ0n) is 39.2. The van der Waals surface area contributed by atoms with Gasteiger partial charge in [-0.3, -0.25) is 4.79 Å². The minimum Gasteiger partial charge on any atom is -0.462 e. The van der Waals surface area contributed by atoms with Crippen molar-refractivity contribution in [2.45, 2.75) is 232 Å². The van der Waals surface area contributed by atoms with Crippen LogP contribution in [0.5, 0.6) is 0 Å². The first-order valence-electron chi connectivity index (χ1n) is 22.7. The molecule has 2 unspecified atom stereocenters. The maximum Gasteiger partial charge on any atom is 0.306 e. The molecule has 0 aromatic rings. The Balaban J connectivity index is 5.38. The molecule has 0 bridgehead atoms. The van der Waals surface area contributed by atoms with Gasteiger partial charge in [-0.1, -0.05) is 126 Å². The molecule has 0 heterocycles. The molecule has 324 valence electrons. The number of carbonyl (C=O) groups is 1. The third-order valence-corrected chi connectivity index (χ3v) is 21.2. The van der Waals surface area contributed by atoms with Crippen molar-refractivity contribution in [2.75, 3.05) is 53.9 Å². The van der Waals surface area contributed by atoms with Crippen LogP contribution in [0, 0.1) is 0 Å². The Morgan fingerprint density at radius 1 is 0.574 bits per heavy atom. The summed E-state index contributed by atoms with van der Waals surface area (Å²) in [5.74, 6) is -0.00252. The highest BCUT2D eigenvalue weighted by atomic mass is 28.4. The first-order valence-corrected chi connectivity index (χ1v) is 28.6. The maximum absolute atomic E-state index is 13.1. The normalized spacial score (nSPS) is 14.4. The van der Waals surface area contributed by atoms with Gasteiger partial charge in [0.2, 0.25) is 0 Å². The second-order valence-corrected chi connectivity index (χ2v) is 29.6. The van der Waals surface area contributed by atoms with Crippen LogP contribution in [0.1, 0.15) is 177 Å². The van der Waals surface area contributed by atoms with Crippen LogP contribution in [0.3, 0.4) is 0 Å². The van der Waals surface area contributed by atoms with Crippen LogP contribution >= 0.6 is 0 Å². The molecule has 1 N–H and O–H groups in total. The number of rotatable bonds is 34. The summed E-state index contributed by atoms with van der Waals surface area (Å²) >= 11 is 0. The SMILES string of the molecule is CCCCCCCCC(CCCCCCCC)OC(=O)CCCCC(CNCC(CN(C)CCCN(C)C)O[Si](C)(C)C(C)(C)C)O[Si](C)(C)C(C)(C)C. The van der Waals surface area contributed by atoms with E-state index in [4.69, 9.17) is 13.6 Å². The van der Waals surface area contributed by atoms with Crippen molar-refractivity contribution in [1.82, 2.24) is 15.1 Å².